The number of amides is 1. The highest BCUT2D eigenvalue weighted by Crippen LogP contribution is 2.32. The van der Waals surface area contributed by atoms with Crippen molar-refractivity contribution >= 4 is 51.2 Å². The molecule has 3 aromatic rings. The number of benzene rings is 1. The van der Waals surface area contributed by atoms with Gasteiger partial charge in [0.15, 0.2) is 23.2 Å². The van der Waals surface area contributed by atoms with Crippen LogP contribution in [0.25, 0.3) is 11.2 Å². The number of halogens is 1. The van der Waals surface area contributed by atoms with Crippen molar-refractivity contribution in [1.82, 2.24) is 30.2 Å². The molecule has 2 aromatic heterocycles. The van der Waals surface area contributed by atoms with Gasteiger partial charge in [0.1, 0.15) is 24.6 Å². The molecule has 0 aliphatic carbocycles. The van der Waals surface area contributed by atoms with E-state index in [0.29, 0.717) is 23.5 Å². The molecule has 0 unspecified atom stereocenters. The number of rotatable bonds is 8. The van der Waals surface area contributed by atoms with Crippen molar-refractivity contribution in [1.29, 1.82) is 0 Å². The summed E-state index contributed by atoms with van der Waals surface area (Å²) < 4.78 is 8.37. The van der Waals surface area contributed by atoms with Crippen LogP contribution in [0.3, 0.4) is 0 Å². The standard InChI is InChI=1S/C20H25IN8O4/c1-23-7-14(30)24-6-13-16(31)17(32)20(33-13)29-9-28-15-18(26-8-27-19(15)29)25-5-10-2-3-12(22)11(21)4-10/h2-4,8-9,13,16-17,20,23,31-32H,5-7,22H2,1H3,(H,24,30)(H,25,26,27)/t13-,16-,17-,20-/m1/s1. The number of hydrogen-bond acceptors (Lipinski definition) is 10. The molecule has 0 bridgehead atoms. The maximum atomic E-state index is 11.7. The second-order valence-corrected chi connectivity index (χ2v) is 8.80. The Morgan fingerprint density at radius 2 is 2.09 bits per heavy atom. The Balaban J connectivity index is 1.50. The molecule has 7 N–H and O–H groups in total. The van der Waals surface area contributed by atoms with Gasteiger partial charge in [-0.25, -0.2) is 15.0 Å². The molecule has 33 heavy (non-hydrogen) atoms. The first-order valence-electron chi connectivity index (χ1n) is 10.3. The Kier molecular flexibility index (Phi) is 7.23. The Bertz CT molecular complexity index is 1140. The number of carbonyl (C=O) groups excluding carboxylic acids is 1. The van der Waals surface area contributed by atoms with E-state index < -0.39 is 24.5 Å². The van der Waals surface area contributed by atoms with Gasteiger partial charge in [-0.3, -0.25) is 9.36 Å². The maximum Gasteiger partial charge on any atom is 0.234 e. The number of hydrogen-bond donors (Lipinski definition) is 6. The van der Waals surface area contributed by atoms with E-state index in [1.165, 1.54) is 12.7 Å². The largest absolute Gasteiger partial charge is 0.398 e. The summed E-state index contributed by atoms with van der Waals surface area (Å²) >= 11 is 2.18. The van der Waals surface area contributed by atoms with E-state index in [2.05, 4.69) is 53.5 Å². The van der Waals surface area contributed by atoms with Crippen LogP contribution in [0.5, 0.6) is 0 Å². The normalized spacial score (nSPS) is 22.5. The average molecular weight is 568 g/mol. The lowest BCUT2D eigenvalue weighted by molar-refractivity contribution is -0.121. The Morgan fingerprint density at radius 3 is 2.85 bits per heavy atom. The number of ether oxygens (including phenoxy) is 1. The van der Waals surface area contributed by atoms with E-state index >= 15 is 0 Å². The monoisotopic (exact) mass is 568 g/mol. The van der Waals surface area contributed by atoms with Gasteiger partial charge in [0, 0.05) is 22.3 Å². The summed E-state index contributed by atoms with van der Waals surface area (Å²) in [7, 11) is 1.66. The molecule has 0 saturated carbocycles. The zero-order valence-corrected chi connectivity index (χ0v) is 19.9. The molecule has 0 radical (unpaired) electrons. The van der Waals surface area contributed by atoms with Crippen LogP contribution in [0.4, 0.5) is 11.5 Å². The quantitative estimate of drug-likeness (QED) is 0.155. The summed E-state index contributed by atoms with van der Waals surface area (Å²) in [5.74, 6) is 0.285. The predicted octanol–water partition coefficient (Wildman–Crippen LogP) is -0.420. The van der Waals surface area contributed by atoms with Gasteiger partial charge < -0.3 is 36.6 Å². The van der Waals surface area contributed by atoms with Crippen molar-refractivity contribution < 1.29 is 19.7 Å². The summed E-state index contributed by atoms with van der Waals surface area (Å²) in [6.45, 7) is 0.706. The molecule has 176 valence electrons. The number of nitrogen functional groups attached to an aromatic ring is 1. The van der Waals surface area contributed by atoms with Crippen molar-refractivity contribution in [2.24, 2.45) is 0 Å². The van der Waals surface area contributed by atoms with Gasteiger partial charge >= 0.3 is 0 Å². The molecule has 4 rings (SSSR count). The number of aromatic nitrogens is 4. The van der Waals surface area contributed by atoms with Crippen molar-refractivity contribution in [2.75, 3.05) is 31.2 Å². The van der Waals surface area contributed by atoms with Crippen molar-refractivity contribution in [3.8, 4) is 0 Å². The van der Waals surface area contributed by atoms with Crippen LogP contribution in [0.15, 0.2) is 30.9 Å². The summed E-state index contributed by atoms with van der Waals surface area (Å²) in [4.78, 5) is 24.7. The Labute approximate surface area is 203 Å². The summed E-state index contributed by atoms with van der Waals surface area (Å²) in [6.07, 6.45) is -1.23. The minimum atomic E-state index is -1.23. The number of fused-ring (bicyclic) bond motifs is 1. The zero-order valence-electron chi connectivity index (χ0n) is 17.8. The third-order valence-electron chi connectivity index (χ3n) is 5.33. The number of nitrogens with zero attached hydrogens (tertiary/aromatic N) is 4. The van der Waals surface area contributed by atoms with E-state index in [4.69, 9.17) is 10.5 Å². The number of carbonyl (C=O) groups is 1. The van der Waals surface area contributed by atoms with Gasteiger partial charge in [-0.15, -0.1) is 0 Å². The molecule has 12 nitrogen and oxygen atoms in total. The van der Waals surface area contributed by atoms with Crippen LogP contribution in [-0.2, 0) is 16.1 Å². The van der Waals surface area contributed by atoms with Crippen LogP contribution in [0.2, 0.25) is 0 Å². The van der Waals surface area contributed by atoms with Gasteiger partial charge in [0.05, 0.1) is 12.9 Å². The van der Waals surface area contributed by atoms with Crippen LogP contribution >= 0.6 is 22.6 Å². The highest BCUT2D eigenvalue weighted by atomic mass is 127. The van der Waals surface area contributed by atoms with Crippen LogP contribution in [0.1, 0.15) is 11.8 Å². The number of likely N-dealkylation sites (N-methyl/N-ethyl adjacent to an activating group) is 1. The van der Waals surface area contributed by atoms with Crippen LogP contribution in [0, 0.1) is 3.57 Å². The van der Waals surface area contributed by atoms with E-state index in [1.54, 1.807) is 11.6 Å². The van der Waals surface area contributed by atoms with Crippen molar-refractivity contribution in [2.45, 2.75) is 31.1 Å². The predicted molar refractivity (Wildman–Crippen MR) is 129 cm³/mol. The third-order valence-corrected chi connectivity index (χ3v) is 6.27. The molecule has 1 aliphatic heterocycles. The second-order valence-electron chi connectivity index (χ2n) is 7.64. The molecule has 4 atom stereocenters. The molecule has 1 amide bonds. The SMILES string of the molecule is CNCC(=O)NC[C@H]1O[C@@H](n2cnc3c(NCc4ccc(N)c(I)c4)ncnc32)[C@H](O)[C@@H]1O. The highest BCUT2D eigenvalue weighted by Gasteiger charge is 2.44. The molecule has 1 aliphatic rings. The average Bonchev–Trinajstić information content (AvgIpc) is 3.35. The minimum Gasteiger partial charge on any atom is -0.398 e. The number of nitrogens with two attached hydrogens (primary N) is 1. The van der Waals surface area contributed by atoms with E-state index in [0.717, 1.165) is 14.8 Å². The van der Waals surface area contributed by atoms with Crippen LogP contribution < -0.4 is 21.7 Å². The fraction of sp³-hybridized carbons (Fsp3) is 0.400. The number of imidazole rings is 1. The summed E-state index contributed by atoms with van der Waals surface area (Å²) in [5.41, 5.74) is 8.57. The molecule has 3 heterocycles. The van der Waals surface area contributed by atoms with Gasteiger partial charge in [-0.1, -0.05) is 6.07 Å². The third kappa shape index (κ3) is 5.01. The molecular formula is C20H25IN8O4. The molecular weight excluding hydrogens is 543 g/mol. The lowest BCUT2D eigenvalue weighted by atomic mass is 10.1. The fourth-order valence-electron chi connectivity index (χ4n) is 3.60. The lowest BCUT2D eigenvalue weighted by Crippen LogP contribution is -2.42. The van der Waals surface area contributed by atoms with Crippen LogP contribution in [-0.4, -0.2) is 74.1 Å². The molecule has 1 fully saturated rings. The molecule has 13 heteroatoms. The Morgan fingerprint density at radius 1 is 1.27 bits per heavy atom. The Hall–Kier alpha value is -2.59. The van der Waals surface area contributed by atoms with E-state index in [9.17, 15) is 15.0 Å². The first-order valence-corrected chi connectivity index (χ1v) is 11.3. The molecule has 1 saturated heterocycles. The fourth-order valence-corrected chi connectivity index (χ4v) is 4.18. The molecule has 1 aromatic carbocycles. The topological polar surface area (TPSA) is 172 Å². The minimum absolute atomic E-state index is 0.0596. The summed E-state index contributed by atoms with van der Waals surface area (Å²) in [6, 6.07) is 5.77. The second kappa shape index (κ2) is 10.1. The smallest absolute Gasteiger partial charge is 0.234 e. The van der Waals surface area contributed by atoms with Gasteiger partial charge in [-0.2, -0.15) is 0 Å². The number of anilines is 2. The first kappa shape index (κ1) is 23.6. The maximum absolute atomic E-state index is 11.7. The number of aliphatic hydroxyl groups is 2. The van der Waals surface area contributed by atoms with Gasteiger partial charge in [-0.05, 0) is 47.3 Å². The van der Waals surface area contributed by atoms with Gasteiger partial charge in [0.25, 0.3) is 0 Å². The number of aliphatic hydroxyl groups excluding tert-OH is 2. The summed E-state index contributed by atoms with van der Waals surface area (Å²) in [5, 5.41) is 29.7. The van der Waals surface area contributed by atoms with E-state index in [1.807, 2.05) is 18.2 Å². The van der Waals surface area contributed by atoms with Gasteiger partial charge in [0.2, 0.25) is 5.91 Å². The van der Waals surface area contributed by atoms with E-state index in [-0.39, 0.29) is 19.0 Å². The zero-order chi connectivity index (χ0) is 23.5. The highest BCUT2D eigenvalue weighted by molar-refractivity contribution is 14.1. The van der Waals surface area contributed by atoms with Crippen molar-refractivity contribution in [3.63, 3.8) is 0 Å². The number of nitrogens with one attached hydrogen (secondary N) is 3. The van der Waals surface area contributed by atoms with Crippen molar-refractivity contribution in [3.05, 3.63) is 40.0 Å². The lowest BCUT2D eigenvalue weighted by Gasteiger charge is -2.16. The molecule has 0 spiro atoms. The first-order chi connectivity index (χ1) is 15.9.